The van der Waals surface area contributed by atoms with Crippen LogP contribution in [0.5, 0.6) is 5.75 Å². The maximum atomic E-state index is 5.11. The van der Waals surface area contributed by atoms with Gasteiger partial charge in [0.1, 0.15) is 5.75 Å². The summed E-state index contributed by atoms with van der Waals surface area (Å²) >= 11 is 0. The number of benzene rings is 1. The Bertz CT molecular complexity index is 382. The van der Waals surface area contributed by atoms with Gasteiger partial charge in [0.05, 0.1) is 12.8 Å². The van der Waals surface area contributed by atoms with Gasteiger partial charge in [-0.3, -0.25) is 0 Å². The molecule has 3 nitrogen and oxygen atoms in total. The molecule has 3 heteroatoms. The van der Waals surface area contributed by atoms with Gasteiger partial charge >= 0.3 is 0 Å². The highest BCUT2D eigenvalue weighted by atomic mass is 16.5. The third-order valence-corrected chi connectivity index (χ3v) is 1.82. The standard InChI is InChI=1S/C10H10N2O/c1-13-10-5-2-4-9(8-10)12-7-3-6-11-12/h2-8H,1H3. The summed E-state index contributed by atoms with van der Waals surface area (Å²) in [4.78, 5) is 0. The number of aromatic nitrogens is 2. The van der Waals surface area contributed by atoms with Crippen molar-refractivity contribution in [2.45, 2.75) is 0 Å². The van der Waals surface area contributed by atoms with Gasteiger partial charge < -0.3 is 4.74 Å². The van der Waals surface area contributed by atoms with Gasteiger partial charge in [0.2, 0.25) is 0 Å². The fourth-order valence-electron chi connectivity index (χ4n) is 1.17. The molecular weight excluding hydrogens is 164 g/mol. The van der Waals surface area contributed by atoms with Gasteiger partial charge in [-0.25, -0.2) is 4.68 Å². The predicted octanol–water partition coefficient (Wildman–Crippen LogP) is 1.88. The molecule has 0 aliphatic rings. The molecule has 0 radical (unpaired) electrons. The molecule has 0 saturated heterocycles. The van der Waals surface area contributed by atoms with E-state index in [0.29, 0.717) is 0 Å². The van der Waals surface area contributed by atoms with Gasteiger partial charge in [-0.15, -0.1) is 0 Å². The van der Waals surface area contributed by atoms with E-state index in [9.17, 15) is 0 Å². The van der Waals surface area contributed by atoms with Crippen LogP contribution >= 0.6 is 0 Å². The molecule has 2 aromatic rings. The molecule has 0 aliphatic heterocycles. The zero-order valence-electron chi connectivity index (χ0n) is 7.34. The smallest absolute Gasteiger partial charge is 0.121 e. The molecule has 13 heavy (non-hydrogen) atoms. The first-order valence-corrected chi connectivity index (χ1v) is 4.04. The first kappa shape index (κ1) is 7.86. The fraction of sp³-hybridized carbons (Fsp3) is 0.100. The summed E-state index contributed by atoms with van der Waals surface area (Å²) in [6.07, 6.45) is 3.65. The minimum atomic E-state index is 0.841. The molecule has 0 spiro atoms. The van der Waals surface area contributed by atoms with Crippen LogP contribution in [0.4, 0.5) is 0 Å². The Morgan fingerprint density at radius 3 is 2.92 bits per heavy atom. The van der Waals surface area contributed by atoms with Crippen molar-refractivity contribution in [1.29, 1.82) is 0 Å². The zero-order chi connectivity index (χ0) is 9.10. The van der Waals surface area contributed by atoms with E-state index in [1.165, 1.54) is 0 Å². The van der Waals surface area contributed by atoms with Crippen molar-refractivity contribution in [3.63, 3.8) is 0 Å². The summed E-state index contributed by atoms with van der Waals surface area (Å²) in [7, 11) is 1.65. The average molecular weight is 174 g/mol. The molecule has 1 heterocycles. The maximum absolute atomic E-state index is 5.11. The normalized spacial score (nSPS) is 9.92. The number of hydrogen-bond acceptors (Lipinski definition) is 2. The third-order valence-electron chi connectivity index (χ3n) is 1.82. The second kappa shape index (κ2) is 3.31. The van der Waals surface area contributed by atoms with Crippen molar-refractivity contribution in [3.8, 4) is 11.4 Å². The number of ether oxygens (including phenoxy) is 1. The first-order chi connectivity index (χ1) is 6.40. The Hall–Kier alpha value is -1.77. The number of nitrogens with zero attached hydrogens (tertiary/aromatic N) is 2. The van der Waals surface area contributed by atoms with Gasteiger partial charge in [-0.2, -0.15) is 5.10 Å². The van der Waals surface area contributed by atoms with Crippen LogP contribution in [0.1, 0.15) is 0 Å². The zero-order valence-corrected chi connectivity index (χ0v) is 7.34. The van der Waals surface area contributed by atoms with Crippen molar-refractivity contribution in [1.82, 2.24) is 9.78 Å². The molecule has 0 fully saturated rings. The highest BCUT2D eigenvalue weighted by Gasteiger charge is 1.96. The van der Waals surface area contributed by atoms with Crippen LogP contribution in [0, 0.1) is 0 Å². The van der Waals surface area contributed by atoms with Crippen molar-refractivity contribution >= 4 is 0 Å². The summed E-state index contributed by atoms with van der Waals surface area (Å²) in [5, 5.41) is 4.12. The quantitative estimate of drug-likeness (QED) is 0.695. The molecule has 1 aromatic carbocycles. The molecule has 0 unspecified atom stereocenters. The predicted molar refractivity (Wildman–Crippen MR) is 50.1 cm³/mol. The SMILES string of the molecule is COc1cccc(-n2cccn2)c1. The molecule has 0 bridgehead atoms. The molecule has 66 valence electrons. The van der Waals surface area contributed by atoms with Crippen molar-refractivity contribution in [2.24, 2.45) is 0 Å². The molecule has 0 atom stereocenters. The Kier molecular flexibility index (Phi) is 2.00. The van der Waals surface area contributed by atoms with E-state index in [1.807, 2.05) is 36.5 Å². The van der Waals surface area contributed by atoms with Gasteiger partial charge in [0.15, 0.2) is 0 Å². The first-order valence-electron chi connectivity index (χ1n) is 4.04. The molecule has 0 aliphatic carbocycles. The molecule has 0 N–H and O–H groups in total. The van der Waals surface area contributed by atoms with Gasteiger partial charge in [0, 0.05) is 18.5 Å². The van der Waals surface area contributed by atoms with Crippen molar-refractivity contribution in [3.05, 3.63) is 42.7 Å². The van der Waals surface area contributed by atoms with E-state index in [-0.39, 0.29) is 0 Å². The maximum Gasteiger partial charge on any atom is 0.121 e. The van der Waals surface area contributed by atoms with E-state index in [1.54, 1.807) is 18.0 Å². The summed E-state index contributed by atoms with van der Waals surface area (Å²) < 4.78 is 6.91. The highest BCUT2D eigenvalue weighted by Crippen LogP contribution is 2.14. The van der Waals surface area contributed by atoms with Crippen LogP contribution in [0.15, 0.2) is 42.7 Å². The van der Waals surface area contributed by atoms with E-state index in [0.717, 1.165) is 11.4 Å². The number of hydrogen-bond donors (Lipinski definition) is 0. The summed E-state index contributed by atoms with van der Waals surface area (Å²) in [5.41, 5.74) is 1.00. The van der Waals surface area contributed by atoms with Crippen LogP contribution in [-0.2, 0) is 0 Å². The monoisotopic (exact) mass is 174 g/mol. The van der Waals surface area contributed by atoms with E-state index >= 15 is 0 Å². The lowest BCUT2D eigenvalue weighted by Gasteiger charge is -2.03. The third kappa shape index (κ3) is 1.54. The Morgan fingerprint density at radius 1 is 1.31 bits per heavy atom. The second-order valence-electron chi connectivity index (χ2n) is 2.65. The van der Waals surface area contributed by atoms with E-state index in [2.05, 4.69) is 5.10 Å². The minimum Gasteiger partial charge on any atom is -0.497 e. The molecule has 2 rings (SSSR count). The fourth-order valence-corrected chi connectivity index (χ4v) is 1.17. The largest absolute Gasteiger partial charge is 0.497 e. The lowest BCUT2D eigenvalue weighted by Crippen LogP contribution is -1.94. The number of methoxy groups -OCH3 is 1. The lowest BCUT2D eigenvalue weighted by atomic mass is 10.3. The Labute approximate surface area is 76.6 Å². The van der Waals surface area contributed by atoms with Crippen LogP contribution in [-0.4, -0.2) is 16.9 Å². The highest BCUT2D eigenvalue weighted by molar-refractivity contribution is 5.38. The molecule has 0 saturated carbocycles. The van der Waals surface area contributed by atoms with Crippen molar-refractivity contribution < 1.29 is 4.74 Å². The minimum absolute atomic E-state index is 0.841. The van der Waals surface area contributed by atoms with Crippen LogP contribution in [0.2, 0.25) is 0 Å². The number of rotatable bonds is 2. The Morgan fingerprint density at radius 2 is 2.23 bits per heavy atom. The Balaban J connectivity index is 2.41. The van der Waals surface area contributed by atoms with Gasteiger partial charge in [-0.1, -0.05) is 6.07 Å². The topological polar surface area (TPSA) is 27.1 Å². The summed E-state index contributed by atoms with van der Waals surface area (Å²) in [5.74, 6) is 0.841. The van der Waals surface area contributed by atoms with E-state index in [4.69, 9.17) is 4.74 Å². The molecule has 1 aromatic heterocycles. The van der Waals surface area contributed by atoms with Crippen molar-refractivity contribution in [2.75, 3.05) is 7.11 Å². The summed E-state index contributed by atoms with van der Waals surface area (Å²) in [6, 6.07) is 9.66. The van der Waals surface area contributed by atoms with Gasteiger partial charge in [-0.05, 0) is 18.2 Å². The van der Waals surface area contributed by atoms with Crippen LogP contribution in [0.25, 0.3) is 5.69 Å². The summed E-state index contributed by atoms with van der Waals surface area (Å²) in [6.45, 7) is 0. The van der Waals surface area contributed by atoms with E-state index < -0.39 is 0 Å². The lowest BCUT2D eigenvalue weighted by molar-refractivity contribution is 0.414. The molecule has 0 amide bonds. The van der Waals surface area contributed by atoms with Crippen LogP contribution < -0.4 is 4.74 Å². The molecular formula is C10H10N2O. The van der Waals surface area contributed by atoms with Crippen LogP contribution in [0.3, 0.4) is 0 Å². The second-order valence-corrected chi connectivity index (χ2v) is 2.65. The van der Waals surface area contributed by atoms with Gasteiger partial charge in [0.25, 0.3) is 0 Å². The average Bonchev–Trinajstić information content (AvgIpc) is 2.71.